The van der Waals surface area contributed by atoms with Gasteiger partial charge in [-0.25, -0.2) is 0 Å². The lowest BCUT2D eigenvalue weighted by Crippen LogP contribution is -2.25. The molecule has 2 N–H and O–H groups in total. The molecule has 0 unspecified atom stereocenters. The van der Waals surface area contributed by atoms with E-state index in [0.29, 0.717) is 12.1 Å². The molecule has 0 spiro atoms. The van der Waals surface area contributed by atoms with Crippen LogP contribution in [0.1, 0.15) is 15.9 Å². The average Bonchev–Trinajstić information content (AvgIpc) is 2.55. The van der Waals surface area contributed by atoms with Gasteiger partial charge in [-0.05, 0) is 42.3 Å². The zero-order chi connectivity index (χ0) is 15.1. The van der Waals surface area contributed by atoms with Crippen LogP contribution in [0.2, 0.25) is 0 Å². The third-order valence-electron chi connectivity index (χ3n) is 3.31. The molecule has 0 fully saturated rings. The highest BCUT2D eigenvalue weighted by atomic mass is 16.5. The summed E-state index contributed by atoms with van der Waals surface area (Å²) in [5.41, 5.74) is 2.74. The molecule has 110 valence electrons. The van der Waals surface area contributed by atoms with Gasteiger partial charge in [0.25, 0.3) is 5.91 Å². The molecule has 0 aliphatic heterocycles. The van der Waals surface area contributed by atoms with Gasteiger partial charge < -0.3 is 15.4 Å². The maximum Gasteiger partial charge on any atom is 0.251 e. The molecule has 0 saturated heterocycles. The third-order valence-corrected chi connectivity index (χ3v) is 3.31. The Morgan fingerprint density at radius 1 is 1.10 bits per heavy atom. The summed E-state index contributed by atoms with van der Waals surface area (Å²) >= 11 is 0. The number of ether oxygens (including phenoxy) is 1. The lowest BCUT2D eigenvalue weighted by molar-refractivity contribution is 0.0954. The van der Waals surface area contributed by atoms with Crippen molar-refractivity contribution < 1.29 is 9.53 Å². The number of methoxy groups -OCH3 is 1. The van der Waals surface area contributed by atoms with Crippen molar-refractivity contribution >= 4 is 11.6 Å². The zero-order valence-electron chi connectivity index (χ0n) is 12.3. The number of hydrogen-bond acceptors (Lipinski definition) is 3. The topological polar surface area (TPSA) is 50.4 Å². The van der Waals surface area contributed by atoms with Gasteiger partial charge in [-0.15, -0.1) is 0 Å². The molecule has 2 rings (SSSR count). The zero-order valence-corrected chi connectivity index (χ0v) is 12.3. The highest BCUT2D eigenvalue weighted by Crippen LogP contribution is 2.17. The molecule has 21 heavy (non-hydrogen) atoms. The molecule has 0 bridgehead atoms. The van der Waals surface area contributed by atoms with Gasteiger partial charge in [0.05, 0.1) is 7.11 Å². The van der Waals surface area contributed by atoms with Gasteiger partial charge in [-0.1, -0.05) is 18.2 Å². The van der Waals surface area contributed by atoms with Crippen LogP contribution < -0.4 is 15.4 Å². The lowest BCUT2D eigenvalue weighted by Gasteiger charge is -2.09. The number of para-hydroxylation sites is 1. The van der Waals surface area contributed by atoms with Crippen LogP contribution in [0.25, 0.3) is 0 Å². The molecule has 0 saturated carbocycles. The van der Waals surface area contributed by atoms with Gasteiger partial charge in [0.1, 0.15) is 5.75 Å². The van der Waals surface area contributed by atoms with Crippen LogP contribution in [-0.2, 0) is 6.42 Å². The molecule has 0 heterocycles. The number of carbonyl (C=O) groups is 1. The maximum atomic E-state index is 12.0. The van der Waals surface area contributed by atoms with Crippen LogP contribution in [0.4, 0.5) is 5.69 Å². The summed E-state index contributed by atoms with van der Waals surface area (Å²) in [6.45, 7) is 0.576. The van der Waals surface area contributed by atoms with Crippen molar-refractivity contribution in [3.63, 3.8) is 0 Å². The monoisotopic (exact) mass is 284 g/mol. The Morgan fingerprint density at radius 2 is 1.81 bits per heavy atom. The fraction of sp³-hybridized carbons (Fsp3) is 0.235. The number of carbonyl (C=O) groups excluding carboxylic acids is 1. The second-order valence-electron chi connectivity index (χ2n) is 4.65. The molecule has 4 heteroatoms. The quantitative estimate of drug-likeness (QED) is 0.857. The van der Waals surface area contributed by atoms with E-state index in [1.54, 1.807) is 7.11 Å². The standard InChI is InChI=1S/C17H20N2O2/c1-18-15-9-7-14(8-10-15)17(20)19-12-11-13-5-3-4-6-16(13)21-2/h3-10,18H,11-12H2,1-2H3,(H,19,20). The van der Waals surface area contributed by atoms with Crippen LogP contribution in [0.5, 0.6) is 5.75 Å². The van der Waals surface area contributed by atoms with Gasteiger partial charge in [0.15, 0.2) is 0 Å². The van der Waals surface area contributed by atoms with Crippen molar-refractivity contribution in [3.05, 3.63) is 59.7 Å². The van der Waals surface area contributed by atoms with Crippen LogP contribution >= 0.6 is 0 Å². The predicted octanol–water partition coefficient (Wildman–Crippen LogP) is 2.71. The molecule has 2 aromatic carbocycles. The van der Waals surface area contributed by atoms with Crippen molar-refractivity contribution in [1.82, 2.24) is 5.32 Å². The Hall–Kier alpha value is -2.49. The molecule has 0 aromatic heterocycles. The van der Waals surface area contributed by atoms with E-state index in [4.69, 9.17) is 4.74 Å². The molecule has 0 atom stereocenters. The average molecular weight is 284 g/mol. The molecule has 0 aliphatic carbocycles. The Bertz CT molecular complexity index is 594. The number of benzene rings is 2. The summed E-state index contributed by atoms with van der Waals surface area (Å²) in [5, 5.41) is 5.95. The summed E-state index contributed by atoms with van der Waals surface area (Å²) in [7, 11) is 3.50. The smallest absolute Gasteiger partial charge is 0.251 e. The summed E-state index contributed by atoms with van der Waals surface area (Å²) in [6.07, 6.45) is 0.740. The van der Waals surface area contributed by atoms with Gasteiger partial charge in [0.2, 0.25) is 0 Å². The Labute approximate surface area is 125 Å². The van der Waals surface area contributed by atoms with Crippen molar-refractivity contribution in [3.8, 4) is 5.75 Å². The number of rotatable bonds is 6. The number of amides is 1. The fourth-order valence-electron chi connectivity index (χ4n) is 2.11. The van der Waals surface area contributed by atoms with Crippen LogP contribution in [-0.4, -0.2) is 26.6 Å². The first-order valence-corrected chi connectivity index (χ1v) is 6.92. The first-order valence-electron chi connectivity index (χ1n) is 6.92. The van der Waals surface area contributed by atoms with E-state index in [0.717, 1.165) is 23.4 Å². The number of anilines is 1. The molecular formula is C17H20N2O2. The summed E-state index contributed by atoms with van der Waals surface area (Å²) in [6, 6.07) is 15.2. The van der Waals surface area contributed by atoms with Crippen molar-refractivity contribution in [1.29, 1.82) is 0 Å². The highest BCUT2D eigenvalue weighted by molar-refractivity contribution is 5.94. The SMILES string of the molecule is CNc1ccc(C(=O)NCCc2ccccc2OC)cc1. The van der Waals surface area contributed by atoms with E-state index >= 15 is 0 Å². The lowest BCUT2D eigenvalue weighted by atomic mass is 10.1. The Morgan fingerprint density at radius 3 is 2.48 bits per heavy atom. The molecule has 1 amide bonds. The minimum Gasteiger partial charge on any atom is -0.496 e. The molecular weight excluding hydrogens is 264 g/mol. The van der Waals surface area contributed by atoms with Gasteiger partial charge >= 0.3 is 0 Å². The van der Waals surface area contributed by atoms with E-state index in [-0.39, 0.29) is 5.91 Å². The first-order chi connectivity index (χ1) is 10.2. The number of nitrogens with one attached hydrogen (secondary N) is 2. The van der Waals surface area contributed by atoms with E-state index < -0.39 is 0 Å². The molecule has 4 nitrogen and oxygen atoms in total. The minimum atomic E-state index is -0.0625. The Kier molecular flexibility index (Phi) is 5.21. The summed E-state index contributed by atoms with van der Waals surface area (Å²) in [5.74, 6) is 0.790. The Balaban J connectivity index is 1.89. The van der Waals surface area contributed by atoms with Gasteiger partial charge in [-0.2, -0.15) is 0 Å². The third kappa shape index (κ3) is 3.99. The van der Waals surface area contributed by atoms with Crippen LogP contribution in [0.15, 0.2) is 48.5 Å². The highest BCUT2D eigenvalue weighted by Gasteiger charge is 2.06. The van der Waals surface area contributed by atoms with Gasteiger partial charge in [0, 0.05) is 24.8 Å². The second kappa shape index (κ2) is 7.33. The predicted molar refractivity (Wildman–Crippen MR) is 85.0 cm³/mol. The maximum absolute atomic E-state index is 12.0. The first kappa shape index (κ1) is 14.9. The summed E-state index contributed by atoms with van der Waals surface area (Å²) in [4.78, 5) is 12.0. The summed E-state index contributed by atoms with van der Waals surface area (Å²) < 4.78 is 5.29. The molecule has 0 aliphatic rings. The number of hydrogen-bond donors (Lipinski definition) is 2. The van der Waals surface area contributed by atoms with Crippen molar-refractivity contribution in [2.24, 2.45) is 0 Å². The van der Waals surface area contributed by atoms with E-state index in [1.807, 2.05) is 55.6 Å². The largest absolute Gasteiger partial charge is 0.496 e. The van der Waals surface area contributed by atoms with Crippen molar-refractivity contribution in [2.45, 2.75) is 6.42 Å². The van der Waals surface area contributed by atoms with Crippen LogP contribution in [0.3, 0.4) is 0 Å². The minimum absolute atomic E-state index is 0.0625. The van der Waals surface area contributed by atoms with Crippen molar-refractivity contribution in [2.75, 3.05) is 26.0 Å². The molecule has 2 aromatic rings. The van der Waals surface area contributed by atoms with E-state index in [9.17, 15) is 4.79 Å². The fourth-order valence-corrected chi connectivity index (χ4v) is 2.11. The molecule has 0 radical (unpaired) electrons. The normalized spacial score (nSPS) is 10.0. The second-order valence-corrected chi connectivity index (χ2v) is 4.65. The van der Waals surface area contributed by atoms with Gasteiger partial charge in [-0.3, -0.25) is 4.79 Å². The van der Waals surface area contributed by atoms with E-state index in [1.165, 1.54) is 0 Å². The van der Waals surface area contributed by atoms with E-state index in [2.05, 4.69) is 10.6 Å². The van der Waals surface area contributed by atoms with Crippen LogP contribution in [0, 0.1) is 0 Å².